The van der Waals surface area contributed by atoms with Gasteiger partial charge in [0.25, 0.3) is 0 Å². The van der Waals surface area contributed by atoms with E-state index in [-0.39, 0.29) is 5.82 Å². The van der Waals surface area contributed by atoms with Gasteiger partial charge < -0.3 is 5.32 Å². The van der Waals surface area contributed by atoms with E-state index < -0.39 is 15.3 Å². The second-order valence-electron chi connectivity index (χ2n) is 4.11. The molecule has 0 spiro atoms. The van der Waals surface area contributed by atoms with Crippen molar-refractivity contribution in [3.8, 4) is 0 Å². The van der Waals surface area contributed by atoms with Gasteiger partial charge in [0.15, 0.2) is 0 Å². The highest BCUT2D eigenvalue weighted by Crippen LogP contribution is 2.19. The van der Waals surface area contributed by atoms with Crippen molar-refractivity contribution in [2.45, 2.75) is 19.1 Å². The van der Waals surface area contributed by atoms with Gasteiger partial charge in [-0.15, -0.1) is 0 Å². The van der Waals surface area contributed by atoms with Gasteiger partial charge >= 0.3 is 0 Å². The van der Waals surface area contributed by atoms with E-state index in [1.165, 1.54) is 35.6 Å². The largest absolute Gasteiger partial charge is 0.316 e. The standard InChI is InChI=1S/C12H19FN2O2S/c1-4-14-9-10(2)18(16,17)15(3)12-7-5-11(13)6-8-12/h5-8,10,14H,4,9H2,1-3H3. The number of hydrogen-bond donors (Lipinski definition) is 1. The molecule has 1 atom stereocenters. The number of halogens is 1. The summed E-state index contributed by atoms with van der Waals surface area (Å²) in [4.78, 5) is 0. The fraction of sp³-hybridized carbons (Fsp3) is 0.500. The summed E-state index contributed by atoms with van der Waals surface area (Å²) >= 11 is 0. The Morgan fingerprint density at radius 3 is 2.39 bits per heavy atom. The Morgan fingerprint density at radius 1 is 1.33 bits per heavy atom. The maximum Gasteiger partial charge on any atom is 0.238 e. The normalized spacial score (nSPS) is 13.3. The monoisotopic (exact) mass is 274 g/mol. The van der Waals surface area contributed by atoms with Gasteiger partial charge in [0.05, 0.1) is 10.9 Å². The van der Waals surface area contributed by atoms with Crippen molar-refractivity contribution in [2.24, 2.45) is 0 Å². The number of nitrogens with one attached hydrogen (secondary N) is 1. The third-order valence-electron chi connectivity index (χ3n) is 2.76. The molecule has 0 aromatic heterocycles. The number of nitrogens with zero attached hydrogens (tertiary/aromatic N) is 1. The molecule has 102 valence electrons. The van der Waals surface area contributed by atoms with E-state index in [0.717, 1.165) is 6.54 Å². The summed E-state index contributed by atoms with van der Waals surface area (Å²) in [6, 6.07) is 5.40. The Bertz CT molecular complexity index is 473. The Morgan fingerprint density at radius 2 is 1.89 bits per heavy atom. The minimum absolute atomic E-state index is 0.384. The van der Waals surface area contributed by atoms with Gasteiger partial charge in [0, 0.05) is 13.6 Å². The molecule has 0 aliphatic heterocycles. The molecule has 1 aromatic rings. The van der Waals surface area contributed by atoms with E-state index in [1.54, 1.807) is 6.92 Å². The number of hydrogen-bond acceptors (Lipinski definition) is 3. The van der Waals surface area contributed by atoms with Crippen LogP contribution in [0.25, 0.3) is 0 Å². The third-order valence-corrected chi connectivity index (χ3v) is 4.92. The van der Waals surface area contributed by atoms with Crippen molar-refractivity contribution in [3.05, 3.63) is 30.1 Å². The van der Waals surface area contributed by atoms with E-state index >= 15 is 0 Å². The van der Waals surface area contributed by atoms with Crippen LogP contribution in [0.1, 0.15) is 13.8 Å². The summed E-state index contributed by atoms with van der Waals surface area (Å²) in [7, 11) is -1.95. The van der Waals surface area contributed by atoms with Crippen LogP contribution in [-0.4, -0.2) is 33.8 Å². The Balaban J connectivity index is 2.87. The first-order valence-electron chi connectivity index (χ1n) is 5.83. The van der Waals surface area contributed by atoms with Crippen molar-refractivity contribution in [2.75, 3.05) is 24.4 Å². The Labute approximate surface area is 108 Å². The molecule has 0 amide bonds. The molecule has 0 heterocycles. The van der Waals surface area contributed by atoms with Crippen LogP contribution in [0.5, 0.6) is 0 Å². The molecule has 18 heavy (non-hydrogen) atoms. The van der Waals surface area contributed by atoms with Crippen LogP contribution in [0.2, 0.25) is 0 Å². The third kappa shape index (κ3) is 3.43. The molecular weight excluding hydrogens is 255 g/mol. The van der Waals surface area contributed by atoms with Crippen LogP contribution in [0.4, 0.5) is 10.1 Å². The Kier molecular flexibility index (Phi) is 5.10. The minimum Gasteiger partial charge on any atom is -0.316 e. The highest BCUT2D eigenvalue weighted by atomic mass is 32.2. The summed E-state index contributed by atoms with van der Waals surface area (Å²) < 4.78 is 38.4. The molecule has 0 aliphatic carbocycles. The zero-order valence-electron chi connectivity index (χ0n) is 10.9. The topological polar surface area (TPSA) is 49.4 Å². The molecule has 4 nitrogen and oxygen atoms in total. The molecule has 0 aliphatic rings. The molecule has 1 rings (SSSR count). The zero-order chi connectivity index (χ0) is 13.8. The molecule has 0 radical (unpaired) electrons. The van der Waals surface area contributed by atoms with E-state index in [2.05, 4.69) is 5.32 Å². The lowest BCUT2D eigenvalue weighted by atomic mass is 10.3. The number of rotatable bonds is 6. The quantitative estimate of drug-likeness (QED) is 0.857. The summed E-state index contributed by atoms with van der Waals surface area (Å²) in [5.41, 5.74) is 0.458. The lowest BCUT2D eigenvalue weighted by Gasteiger charge is -2.23. The van der Waals surface area contributed by atoms with Gasteiger partial charge in [-0.05, 0) is 37.7 Å². The molecule has 0 saturated carbocycles. The van der Waals surface area contributed by atoms with Crippen molar-refractivity contribution >= 4 is 15.7 Å². The highest BCUT2D eigenvalue weighted by Gasteiger charge is 2.25. The maximum absolute atomic E-state index is 12.8. The van der Waals surface area contributed by atoms with Crippen LogP contribution < -0.4 is 9.62 Å². The lowest BCUT2D eigenvalue weighted by molar-refractivity contribution is 0.572. The summed E-state index contributed by atoms with van der Waals surface area (Å²) in [6.07, 6.45) is 0. The minimum atomic E-state index is -3.43. The smallest absolute Gasteiger partial charge is 0.238 e. The fourth-order valence-electron chi connectivity index (χ4n) is 1.52. The molecule has 1 N–H and O–H groups in total. The molecule has 0 fully saturated rings. The molecule has 1 unspecified atom stereocenters. The molecule has 0 saturated heterocycles. The van der Waals surface area contributed by atoms with Crippen LogP contribution >= 0.6 is 0 Å². The zero-order valence-corrected chi connectivity index (χ0v) is 11.7. The van der Waals surface area contributed by atoms with Gasteiger partial charge in [-0.1, -0.05) is 6.92 Å². The molecule has 6 heteroatoms. The predicted octanol–water partition coefficient (Wildman–Crippen LogP) is 1.59. The predicted molar refractivity (Wildman–Crippen MR) is 71.7 cm³/mol. The highest BCUT2D eigenvalue weighted by molar-refractivity contribution is 7.93. The van der Waals surface area contributed by atoms with Crippen molar-refractivity contribution < 1.29 is 12.8 Å². The van der Waals surface area contributed by atoms with Gasteiger partial charge in [0.1, 0.15) is 5.82 Å². The number of sulfonamides is 1. The van der Waals surface area contributed by atoms with E-state index in [1.807, 2.05) is 6.92 Å². The number of benzene rings is 1. The van der Waals surface area contributed by atoms with Crippen LogP contribution in [-0.2, 0) is 10.0 Å². The van der Waals surface area contributed by atoms with Crippen LogP contribution in [0, 0.1) is 5.82 Å². The number of anilines is 1. The second kappa shape index (κ2) is 6.15. The van der Waals surface area contributed by atoms with Gasteiger partial charge in [-0.25, -0.2) is 12.8 Å². The first-order chi connectivity index (χ1) is 8.39. The first kappa shape index (κ1) is 14.9. The van der Waals surface area contributed by atoms with Crippen molar-refractivity contribution in [1.29, 1.82) is 0 Å². The SMILES string of the molecule is CCNCC(C)S(=O)(=O)N(C)c1ccc(F)cc1. The Hall–Kier alpha value is -1.14. The van der Waals surface area contributed by atoms with Gasteiger partial charge in [-0.3, -0.25) is 4.31 Å². The molecule has 0 bridgehead atoms. The average Bonchev–Trinajstić information content (AvgIpc) is 2.35. The average molecular weight is 274 g/mol. The summed E-state index contributed by atoms with van der Waals surface area (Å²) in [5, 5.41) is 2.47. The first-order valence-corrected chi connectivity index (χ1v) is 7.34. The van der Waals surface area contributed by atoms with Crippen molar-refractivity contribution in [1.82, 2.24) is 5.32 Å². The van der Waals surface area contributed by atoms with E-state index in [0.29, 0.717) is 12.2 Å². The van der Waals surface area contributed by atoms with Crippen LogP contribution in [0.3, 0.4) is 0 Å². The van der Waals surface area contributed by atoms with Crippen LogP contribution in [0.15, 0.2) is 24.3 Å². The maximum atomic E-state index is 12.8. The summed E-state index contributed by atoms with van der Waals surface area (Å²) in [6.45, 7) is 4.69. The van der Waals surface area contributed by atoms with Crippen molar-refractivity contribution in [3.63, 3.8) is 0 Å². The fourth-order valence-corrected chi connectivity index (χ4v) is 2.80. The molecular formula is C12H19FN2O2S. The van der Waals surface area contributed by atoms with Gasteiger partial charge in [0.2, 0.25) is 10.0 Å². The summed E-state index contributed by atoms with van der Waals surface area (Å²) in [5.74, 6) is -0.384. The second-order valence-corrected chi connectivity index (χ2v) is 6.49. The van der Waals surface area contributed by atoms with Gasteiger partial charge in [-0.2, -0.15) is 0 Å². The van der Waals surface area contributed by atoms with E-state index in [4.69, 9.17) is 0 Å². The lowest BCUT2D eigenvalue weighted by Crippen LogP contribution is -2.40. The van der Waals surface area contributed by atoms with E-state index in [9.17, 15) is 12.8 Å². The molecule has 1 aromatic carbocycles.